The number of aryl methyl sites for hydroxylation is 1. The van der Waals surface area contributed by atoms with Gasteiger partial charge in [-0.05, 0) is 54.8 Å². The van der Waals surface area contributed by atoms with Gasteiger partial charge in [-0.2, -0.15) is 13.2 Å². The molecule has 2 heterocycles. The maximum atomic E-state index is 14.2. The van der Waals surface area contributed by atoms with Gasteiger partial charge in [-0.25, -0.2) is 4.39 Å². The molecule has 174 valence electrons. The van der Waals surface area contributed by atoms with Gasteiger partial charge < -0.3 is 10.3 Å². The number of hydrogen-bond acceptors (Lipinski definition) is 1. The molecule has 4 aromatic rings. The van der Waals surface area contributed by atoms with Crippen LogP contribution in [0.25, 0.3) is 21.8 Å². The van der Waals surface area contributed by atoms with E-state index in [1.807, 2.05) is 0 Å². The van der Waals surface area contributed by atoms with Gasteiger partial charge in [-0.15, -0.1) is 13.2 Å². The van der Waals surface area contributed by atoms with E-state index in [2.05, 4.69) is 10.3 Å². The SMILES string of the molecule is Cc1ccc(F)c2c1c(CCNC(=O)c1cc3cc(C(F)(F)F)ccc3[nH]1)cn2C(F)(F)F. The fourth-order valence-electron chi connectivity index (χ4n) is 3.82. The monoisotopic (exact) mass is 471 g/mol. The minimum atomic E-state index is -4.83. The Hall–Kier alpha value is -3.50. The van der Waals surface area contributed by atoms with Gasteiger partial charge in [0.15, 0.2) is 0 Å². The Labute approximate surface area is 182 Å². The van der Waals surface area contributed by atoms with Crippen molar-refractivity contribution in [1.82, 2.24) is 14.9 Å². The highest BCUT2D eigenvalue weighted by atomic mass is 19.4. The number of aromatic amines is 1. The number of rotatable bonds is 4. The zero-order valence-electron chi connectivity index (χ0n) is 17.0. The van der Waals surface area contributed by atoms with E-state index in [9.17, 15) is 35.5 Å². The second kappa shape index (κ2) is 7.82. The number of H-pyrrole nitrogens is 1. The molecule has 0 spiro atoms. The van der Waals surface area contributed by atoms with Gasteiger partial charge in [-0.3, -0.25) is 9.36 Å². The van der Waals surface area contributed by atoms with Crippen LogP contribution in [0.15, 0.2) is 42.6 Å². The highest BCUT2D eigenvalue weighted by molar-refractivity contribution is 5.98. The van der Waals surface area contributed by atoms with Gasteiger partial charge in [-0.1, -0.05) is 6.07 Å². The van der Waals surface area contributed by atoms with Crippen LogP contribution in [0.5, 0.6) is 0 Å². The molecule has 0 bridgehead atoms. The van der Waals surface area contributed by atoms with E-state index in [0.29, 0.717) is 11.1 Å². The predicted octanol–water partition coefficient (Wildman–Crippen LogP) is 6.04. The Morgan fingerprint density at radius 3 is 2.45 bits per heavy atom. The molecule has 2 aromatic carbocycles. The Morgan fingerprint density at radius 2 is 1.79 bits per heavy atom. The number of alkyl halides is 6. The summed E-state index contributed by atoms with van der Waals surface area (Å²) in [5.41, 5.74) is -0.459. The lowest BCUT2D eigenvalue weighted by molar-refractivity contribution is -0.201. The molecule has 0 radical (unpaired) electrons. The maximum Gasteiger partial charge on any atom is 0.489 e. The zero-order valence-corrected chi connectivity index (χ0v) is 17.0. The van der Waals surface area contributed by atoms with Gasteiger partial charge >= 0.3 is 12.5 Å². The molecule has 0 aliphatic heterocycles. The van der Waals surface area contributed by atoms with Crippen molar-refractivity contribution in [3.05, 3.63) is 70.8 Å². The third-order valence-corrected chi connectivity index (χ3v) is 5.33. The summed E-state index contributed by atoms with van der Waals surface area (Å²) in [6.07, 6.45) is -8.57. The molecular weight excluding hydrogens is 455 g/mol. The summed E-state index contributed by atoms with van der Waals surface area (Å²) >= 11 is 0. The van der Waals surface area contributed by atoms with Crippen LogP contribution in [0.4, 0.5) is 30.7 Å². The number of nitrogens with one attached hydrogen (secondary N) is 2. The Morgan fingerprint density at radius 1 is 1.06 bits per heavy atom. The zero-order chi connectivity index (χ0) is 24.1. The summed E-state index contributed by atoms with van der Waals surface area (Å²) < 4.78 is 92.8. The molecule has 0 unspecified atom stereocenters. The molecule has 4 rings (SSSR count). The van der Waals surface area contributed by atoms with Gasteiger partial charge in [0.1, 0.15) is 11.5 Å². The van der Waals surface area contributed by atoms with Gasteiger partial charge in [0.25, 0.3) is 5.91 Å². The van der Waals surface area contributed by atoms with Crippen molar-refractivity contribution in [3.63, 3.8) is 0 Å². The van der Waals surface area contributed by atoms with E-state index >= 15 is 0 Å². The number of halogens is 7. The van der Waals surface area contributed by atoms with Crippen LogP contribution in [0, 0.1) is 12.7 Å². The molecule has 0 fully saturated rings. The minimum absolute atomic E-state index is 0.00395. The highest BCUT2D eigenvalue weighted by Crippen LogP contribution is 2.35. The third kappa shape index (κ3) is 4.27. The molecule has 0 saturated carbocycles. The van der Waals surface area contributed by atoms with E-state index in [1.165, 1.54) is 18.2 Å². The first kappa shape index (κ1) is 22.7. The first-order valence-electron chi connectivity index (χ1n) is 9.70. The van der Waals surface area contributed by atoms with Crippen molar-refractivity contribution in [1.29, 1.82) is 0 Å². The fourth-order valence-corrected chi connectivity index (χ4v) is 3.82. The van der Waals surface area contributed by atoms with Crippen LogP contribution < -0.4 is 5.32 Å². The summed E-state index contributed by atoms with van der Waals surface area (Å²) in [4.78, 5) is 15.1. The van der Waals surface area contributed by atoms with Gasteiger partial charge in [0, 0.05) is 29.0 Å². The van der Waals surface area contributed by atoms with Gasteiger partial charge in [0.2, 0.25) is 0 Å². The number of nitrogens with zero attached hydrogens (tertiary/aromatic N) is 1. The number of aromatic nitrogens is 2. The predicted molar refractivity (Wildman–Crippen MR) is 107 cm³/mol. The highest BCUT2D eigenvalue weighted by Gasteiger charge is 2.34. The molecule has 1 amide bonds. The van der Waals surface area contributed by atoms with E-state index in [1.54, 1.807) is 6.92 Å². The number of fused-ring (bicyclic) bond motifs is 2. The van der Waals surface area contributed by atoms with Crippen LogP contribution in [0.1, 0.15) is 27.2 Å². The number of carbonyl (C=O) groups is 1. The number of amides is 1. The second-order valence-corrected chi connectivity index (χ2v) is 7.57. The van der Waals surface area contributed by atoms with Crippen LogP contribution in [0.3, 0.4) is 0 Å². The summed E-state index contributed by atoms with van der Waals surface area (Å²) in [7, 11) is 0. The van der Waals surface area contributed by atoms with Crippen LogP contribution in [-0.4, -0.2) is 22.0 Å². The lowest BCUT2D eigenvalue weighted by Gasteiger charge is -2.10. The summed E-state index contributed by atoms with van der Waals surface area (Å²) in [5.74, 6) is -1.65. The molecule has 0 aliphatic rings. The molecule has 2 aromatic heterocycles. The average Bonchev–Trinajstić information content (AvgIpc) is 3.32. The maximum absolute atomic E-state index is 14.2. The van der Waals surface area contributed by atoms with Crippen molar-refractivity contribution in [3.8, 4) is 0 Å². The topological polar surface area (TPSA) is 49.8 Å². The molecule has 2 N–H and O–H groups in total. The number of benzene rings is 2. The first-order chi connectivity index (χ1) is 15.4. The van der Waals surface area contributed by atoms with E-state index in [4.69, 9.17) is 0 Å². The molecule has 4 nitrogen and oxygen atoms in total. The van der Waals surface area contributed by atoms with Crippen molar-refractivity contribution < 1.29 is 35.5 Å². The van der Waals surface area contributed by atoms with Crippen LogP contribution in [0.2, 0.25) is 0 Å². The van der Waals surface area contributed by atoms with Crippen molar-refractivity contribution in [2.75, 3.05) is 6.54 Å². The van der Waals surface area contributed by atoms with Crippen molar-refractivity contribution in [2.24, 2.45) is 0 Å². The quantitative estimate of drug-likeness (QED) is 0.351. The normalized spacial score (nSPS) is 12.6. The number of hydrogen-bond donors (Lipinski definition) is 2. The Balaban J connectivity index is 1.54. The average molecular weight is 471 g/mol. The summed E-state index contributed by atoms with van der Waals surface area (Å²) in [6.45, 7) is 1.49. The standard InChI is InChI=1S/C22H16F7N3O/c1-11-2-4-15(23)19-18(11)12(10-32(19)22(27,28)29)6-7-30-20(33)17-9-13-8-14(21(24,25)26)3-5-16(13)31-17/h2-5,8-10,31H,6-7H2,1H3,(H,30,33). The third-order valence-electron chi connectivity index (χ3n) is 5.33. The molecule has 0 saturated heterocycles. The summed E-state index contributed by atoms with van der Waals surface area (Å²) in [5, 5.41) is 2.83. The van der Waals surface area contributed by atoms with Crippen LogP contribution >= 0.6 is 0 Å². The Bertz CT molecular complexity index is 1360. The number of carbonyl (C=O) groups excluding carboxylic acids is 1. The molecule has 0 atom stereocenters. The smallest absolute Gasteiger partial charge is 0.351 e. The second-order valence-electron chi connectivity index (χ2n) is 7.57. The summed E-state index contributed by atoms with van der Waals surface area (Å²) in [6, 6.07) is 6.60. The molecular formula is C22H16F7N3O. The first-order valence-corrected chi connectivity index (χ1v) is 9.70. The van der Waals surface area contributed by atoms with Crippen LogP contribution in [-0.2, 0) is 18.9 Å². The molecule has 33 heavy (non-hydrogen) atoms. The van der Waals surface area contributed by atoms with E-state index in [0.717, 1.165) is 24.4 Å². The fraction of sp³-hybridized carbons (Fsp3) is 0.227. The van der Waals surface area contributed by atoms with Crippen molar-refractivity contribution in [2.45, 2.75) is 25.8 Å². The molecule has 11 heteroatoms. The largest absolute Gasteiger partial charge is 0.489 e. The lowest BCUT2D eigenvalue weighted by Crippen LogP contribution is -2.26. The van der Waals surface area contributed by atoms with Crippen molar-refractivity contribution >= 4 is 27.7 Å². The molecule has 0 aliphatic carbocycles. The van der Waals surface area contributed by atoms with E-state index < -0.39 is 35.3 Å². The van der Waals surface area contributed by atoms with E-state index in [-0.39, 0.29) is 39.6 Å². The minimum Gasteiger partial charge on any atom is -0.351 e. The van der Waals surface area contributed by atoms with Gasteiger partial charge in [0.05, 0.1) is 11.1 Å². The Kier molecular flexibility index (Phi) is 5.38. The lowest BCUT2D eigenvalue weighted by atomic mass is 10.1.